The van der Waals surface area contributed by atoms with Crippen molar-refractivity contribution in [1.82, 2.24) is 10.6 Å². The van der Waals surface area contributed by atoms with Crippen molar-refractivity contribution in [2.24, 2.45) is 0 Å². The number of nitrogens with zero attached hydrogens (tertiary/aromatic N) is 1. The second-order valence-corrected chi connectivity index (χ2v) is 6.44. The molecule has 1 aliphatic rings. The first kappa shape index (κ1) is 20.6. The Balaban J connectivity index is 1.93. The van der Waals surface area contributed by atoms with E-state index in [1.54, 1.807) is 25.1 Å². The molecule has 1 atom stereocenters. The molecule has 0 aromatic heterocycles. The molecule has 0 unspecified atom stereocenters. The molecular weight excluding hydrogens is 392 g/mol. The molecule has 0 spiro atoms. The molecule has 3 N–H and O–H groups in total. The molecule has 3 rings (SSSR count). The Morgan fingerprint density at radius 3 is 2.37 bits per heavy atom. The standard InChI is InChI=1S/C20H20N4O6/c1-11-17(19(25)22-13-5-7-14(8-6-13)24(27)28)18(23-20(26)21-11)12-4-9-15(29-2)16(10-12)30-3/h4-10,18H,1-3H3,(H,22,25)(H2,21,23,26)/t18-/m1/s1. The fourth-order valence-corrected chi connectivity index (χ4v) is 3.14. The van der Waals surface area contributed by atoms with Crippen molar-refractivity contribution >= 4 is 23.3 Å². The lowest BCUT2D eigenvalue weighted by atomic mass is 9.94. The van der Waals surface area contributed by atoms with Crippen LogP contribution in [0, 0.1) is 10.1 Å². The van der Waals surface area contributed by atoms with Crippen LogP contribution in [0.3, 0.4) is 0 Å². The predicted octanol–water partition coefficient (Wildman–Crippen LogP) is 2.88. The van der Waals surface area contributed by atoms with E-state index in [1.807, 2.05) is 0 Å². The number of nitro groups is 1. The minimum absolute atomic E-state index is 0.0850. The Morgan fingerprint density at radius 2 is 1.77 bits per heavy atom. The van der Waals surface area contributed by atoms with Crippen LogP contribution in [0.15, 0.2) is 53.7 Å². The monoisotopic (exact) mass is 412 g/mol. The molecule has 0 saturated heterocycles. The molecule has 1 aliphatic heterocycles. The molecule has 0 saturated carbocycles. The maximum Gasteiger partial charge on any atom is 0.319 e. The van der Waals surface area contributed by atoms with Gasteiger partial charge in [0.05, 0.1) is 30.8 Å². The Labute approximate surface area is 172 Å². The minimum Gasteiger partial charge on any atom is -0.493 e. The second-order valence-electron chi connectivity index (χ2n) is 6.44. The topological polar surface area (TPSA) is 132 Å². The number of hydrogen-bond acceptors (Lipinski definition) is 6. The van der Waals surface area contributed by atoms with Crippen molar-refractivity contribution in [1.29, 1.82) is 0 Å². The first-order valence-electron chi connectivity index (χ1n) is 8.90. The lowest BCUT2D eigenvalue weighted by Crippen LogP contribution is -2.45. The number of nitrogens with one attached hydrogen (secondary N) is 3. The van der Waals surface area contributed by atoms with Crippen LogP contribution in [-0.2, 0) is 4.79 Å². The molecule has 30 heavy (non-hydrogen) atoms. The Bertz CT molecular complexity index is 1030. The van der Waals surface area contributed by atoms with Gasteiger partial charge in [-0.05, 0) is 36.8 Å². The Morgan fingerprint density at radius 1 is 1.10 bits per heavy atom. The van der Waals surface area contributed by atoms with Gasteiger partial charge in [-0.25, -0.2) is 4.79 Å². The van der Waals surface area contributed by atoms with E-state index in [-0.39, 0.29) is 5.69 Å². The summed E-state index contributed by atoms with van der Waals surface area (Å²) in [5, 5.41) is 18.8. The number of benzene rings is 2. The van der Waals surface area contributed by atoms with Crippen molar-refractivity contribution in [2.45, 2.75) is 13.0 Å². The number of rotatable bonds is 6. The molecule has 0 bridgehead atoms. The van der Waals surface area contributed by atoms with Gasteiger partial charge in [0.25, 0.3) is 11.6 Å². The normalized spacial score (nSPS) is 15.7. The number of anilines is 1. The van der Waals surface area contributed by atoms with E-state index in [4.69, 9.17) is 9.47 Å². The van der Waals surface area contributed by atoms with Crippen LogP contribution >= 0.6 is 0 Å². The van der Waals surface area contributed by atoms with E-state index < -0.39 is 22.9 Å². The number of urea groups is 1. The number of non-ortho nitro benzene ring substituents is 1. The van der Waals surface area contributed by atoms with Crippen LogP contribution in [0.1, 0.15) is 18.5 Å². The van der Waals surface area contributed by atoms with E-state index in [1.165, 1.54) is 38.5 Å². The molecule has 0 radical (unpaired) electrons. The summed E-state index contributed by atoms with van der Waals surface area (Å²) in [5.74, 6) is 0.503. The average molecular weight is 412 g/mol. The number of methoxy groups -OCH3 is 2. The van der Waals surface area contributed by atoms with Crippen molar-refractivity contribution in [3.8, 4) is 11.5 Å². The average Bonchev–Trinajstić information content (AvgIpc) is 2.72. The lowest BCUT2D eigenvalue weighted by Gasteiger charge is -2.29. The molecule has 3 amide bonds. The van der Waals surface area contributed by atoms with Gasteiger partial charge in [0.15, 0.2) is 11.5 Å². The van der Waals surface area contributed by atoms with E-state index in [2.05, 4.69) is 16.0 Å². The van der Waals surface area contributed by atoms with Gasteiger partial charge < -0.3 is 25.4 Å². The van der Waals surface area contributed by atoms with Crippen LogP contribution in [0.4, 0.5) is 16.2 Å². The quantitative estimate of drug-likeness (QED) is 0.494. The number of ether oxygens (including phenoxy) is 2. The smallest absolute Gasteiger partial charge is 0.319 e. The van der Waals surface area contributed by atoms with E-state index in [0.717, 1.165) is 0 Å². The van der Waals surface area contributed by atoms with Crippen LogP contribution in [0.25, 0.3) is 0 Å². The van der Waals surface area contributed by atoms with Crippen molar-refractivity contribution in [3.63, 3.8) is 0 Å². The molecule has 10 nitrogen and oxygen atoms in total. The summed E-state index contributed by atoms with van der Waals surface area (Å²) >= 11 is 0. The number of carbonyl (C=O) groups excluding carboxylic acids is 2. The van der Waals surface area contributed by atoms with Gasteiger partial charge >= 0.3 is 6.03 Å². The van der Waals surface area contributed by atoms with Crippen LogP contribution in [0.5, 0.6) is 11.5 Å². The minimum atomic E-state index is -0.739. The van der Waals surface area contributed by atoms with Gasteiger partial charge in [-0.1, -0.05) is 6.07 Å². The van der Waals surface area contributed by atoms with Gasteiger partial charge in [-0.3, -0.25) is 14.9 Å². The zero-order chi connectivity index (χ0) is 21.8. The van der Waals surface area contributed by atoms with Gasteiger partial charge in [0.1, 0.15) is 0 Å². The maximum absolute atomic E-state index is 13.0. The summed E-state index contributed by atoms with van der Waals surface area (Å²) in [6, 6.07) is 9.37. The molecule has 1 heterocycles. The fourth-order valence-electron chi connectivity index (χ4n) is 3.14. The summed E-state index contributed by atoms with van der Waals surface area (Å²) in [7, 11) is 3.00. The van der Waals surface area contributed by atoms with Crippen LogP contribution in [0.2, 0.25) is 0 Å². The number of allylic oxidation sites excluding steroid dienone is 1. The van der Waals surface area contributed by atoms with E-state index >= 15 is 0 Å². The first-order valence-corrected chi connectivity index (χ1v) is 8.90. The lowest BCUT2D eigenvalue weighted by molar-refractivity contribution is -0.384. The fraction of sp³-hybridized carbons (Fsp3) is 0.200. The van der Waals surface area contributed by atoms with Crippen molar-refractivity contribution < 1.29 is 24.0 Å². The highest BCUT2D eigenvalue weighted by Crippen LogP contribution is 2.34. The molecule has 10 heteroatoms. The summed E-state index contributed by atoms with van der Waals surface area (Å²) < 4.78 is 10.6. The highest BCUT2D eigenvalue weighted by molar-refractivity contribution is 6.06. The Kier molecular flexibility index (Phi) is 5.86. The summed E-state index contributed by atoms with van der Waals surface area (Å²) in [6.45, 7) is 1.62. The van der Waals surface area contributed by atoms with Crippen molar-refractivity contribution in [2.75, 3.05) is 19.5 Å². The Hall–Kier alpha value is -4.08. The summed E-state index contributed by atoms with van der Waals surface area (Å²) in [6.07, 6.45) is 0. The maximum atomic E-state index is 13.0. The number of amides is 3. The van der Waals surface area contributed by atoms with Crippen LogP contribution in [-0.4, -0.2) is 31.1 Å². The third kappa shape index (κ3) is 4.17. The summed E-state index contributed by atoms with van der Waals surface area (Å²) in [5.41, 5.74) is 1.60. The molecular formula is C20H20N4O6. The SMILES string of the molecule is COc1ccc([C@H]2NC(=O)NC(C)=C2C(=O)Nc2ccc([N+](=O)[O-])cc2)cc1OC. The van der Waals surface area contributed by atoms with E-state index in [0.29, 0.717) is 34.0 Å². The van der Waals surface area contributed by atoms with Gasteiger partial charge in [-0.2, -0.15) is 0 Å². The molecule has 2 aromatic carbocycles. The molecule has 0 aliphatic carbocycles. The largest absolute Gasteiger partial charge is 0.493 e. The van der Waals surface area contributed by atoms with Gasteiger partial charge in [0, 0.05) is 23.5 Å². The third-order valence-electron chi connectivity index (χ3n) is 4.59. The zero-order valence-electron chi connectivity index (χ0n) is 16.5. The molecule has 0 fully saturated rings. The first-order chi connectivity index (χ1) is 14.3. The molecule has 2 aromatic rings. The van der Waals surface area contributed by atoms with Gasteiger partial charge in [-0.15, -0.1) is 0 Å². The second kappa shape index (κ2) is 8.52. The van der Waals surface area contributed by atoms with E-state index in [9.17, 15) is 19.7 Å². The predicted molar refractivity (Wildman–Crippen MR) is 108 cm³/mol. The number of hydrogen-bond donors (Lipinski definition) is 3. The zero-order valence-corrected chi connectivity index (χ0v) is 16.5. The third-order valence-corrected chi connectivity index (χ3v) is 4.59. The molecule has 156 valence electrons. The van der Waals surface area contributed by atoms with Crippen LogP contribution < -0.4 is 25.4 Å². The number of nitro benzene ring substituents is 1. The highest BCUT2D eigenvalue weighted by atomic mass is 16.6. The number of carbonyl (C=O) groups is 2. The van der Waals surface area contributed by atoms with Crippen molar-refractivity contribution in [3.05, 3.63) is 69.4 Å². The highest BCUT2D eigenvalue weighted by Gasteiger charge is 2.31. The van der Waals surface area contributed by atoms with Gasteiger partial charge in [0.2, 0.25) is 0 Å². The summed E-state index contributed by atoms with van der Waals surface area (Å²) in [4.78, 5) is 35.3.